The second kappa shape index (κ2) is 5.41. The van der Waals surface area contributed by atoms with Gasteiger partial charge in [-0.15, -0.1) is 0 Å². The van der Waals surface area contributed by atoms with Crippen molar-refractivity contribution in [3.8, 4) is 0 Å². The highest BCUT2D eigenvalue weighted by Crippen LogP contribution is 2.20. The van der Waals surface area contributed by atoms with Gasteiger partial charge < -0.3 is 10.1 Å². The minimum Gasteiger partial charge on any atom is -0.381 e. The Morgan fingerprint density at radius 2 is 2.25 bits per heavy atom. The van der Waals surface area contributed by atoms with Gasteiger partial charge in [0, 0.05) is 19.3 Å². The van der Waals surface area contributed by atoms with Crippen molar-refractivity contribution in [1.82, 2.24) is 20.1 Å². The van der Waals surface area contributed by atoms with E-state index in [9.17, 15) is 0 Å². The van der Waals surface area contributed by atoms with Crippen molar-refractivity contribution >= 4 is 0 Å². The zero-order valence-corrected chi connectivity index (χ0v) is 10.0. The summed E-state index contributed by atoms with van der Waals surface area (Å²) in [5.74, 6) is 1.03. The van der Waals surface area contributed by atoms with Crippen LogP contribution in [-0.4, -0.2) is 34.0 Å². The molecule has 90 valence electrons. The van der Waals surface area contributed by atoms with Gasteiger partial charge in [0.2, 0.25) is 0 Å². The molecule has 1 aliphatic heterocycles. The van der Waals surface area contributed by atoms with E-state index in [4.69, 9.17) is 4.74 Å². The molecule has 2 heterocycles. The van der Waals surface area contributed by atoms with Crippen LogP contribution < -0.4 is 5.32 Å². The lowest BCUT2D eigenvalue weighted by Crippen LogP contribution is -2.27. The quantitative estimate of drug-likeness (QED) is 0.833. The number of nitrogens with one attached hydrogen (secondary N) is 1. The molecule has 0 amide bonds. The SMILES string of the molecule is CC(C)NCc1ncnn1C1CCOCC1. The van der Waals surface area contributed by atoms with Crippen LogP contribution in [0.3, 0.4) is 0 Å². The number of aromatic nitrogens is 3. The molecule has 2 rings (SSSR count). The van der Waals surface area contributed by atoms with Gasteiger partial charge in [0.25, 0.3) is 0 Å². The molecule has 1 aromatic rings. The summed E-state index contributed by atoms with van der Waals surface area (Å²) in [5, 5.41) is 7.70. The van der Waals surface area contributed by atoms with Gasteiger partial charge in [0.05, 0.1) is 12.6 Å². The van der Waals surface area contributed by atoms with Gasteiger partial charge in [-0.3, -0.25) is 0 Å². The Kier molecular flexibility index (Phi) is 3.90. The summed E-state index contributed by atoms with van der Waals surface area (Å²) in [5.41, 5.74) is 0. The molecule has 0 atom stereocenters. The van der Waals surface area contributed by atoms with E-state index in [-0.39, 0.29) is 0 Å². The second-order valence-corrected chi connectivity index (χ2v) is 4.50. The lowest BCUT2D eigenvalue weighted by Gasteiger charge is -2.23. The Balaban J connectivity index is 2.00. The number of hydrogen-bond donors (Lipinski definition) is 1. The van der Waals surface area contributed by atoms with Crippen LogP contribution in [0, 0.1) is 0 Å². The van der Waals surface area contributed by atoms with Crippen molar-refractivity contribution in [1.29, 1.82) is 0 Å². The third-order valence-electron chi connectivity index (χ3n) is 2.85. The van der Waals surface area contributed by atoms with Crippen molar-refractivity contribution in [2.45, 2.75) is 45.3 Å². The first-order valence-electron chi connectivity index (χ1n) is 5.97. The molecule has 1 aromatic heterocycles. The Hall–Kier alpha value is -0.940. The third-order valence-corrected chi connectivity index (χ3v) is 2.85. The summed E-state index contributed by atoms with van der Waals surface area (Å²) in [6, 6.07) is 0.931. The Morgan fingerprint density at radius 1 is 1.50 bits per heavy atom. The summed E-state index contributed by atoms with van der Waals surface area (Å²) in [7, 11) is 0. The van der Waals surface area contributed by atoms with Crippen molar-refractivity contribution in [2.75, 3.05) is 13.2 Å². The normalized spacial score (nSPS) is 18.2. The van der Waals surface area contributed by atoms with Crippen LogP contribution in [0.1, 0.15) is 38.6 Å². The molecule has 0 aromatic carbocycles. The van der Waals surface area contributed by atoms with Crippen LogP contribution >= 0.6 is 0 Å². The molecule has 16 heavy (non-hydrogen) atoms. The molecule has 0 saturated carbocycles. The van der Waals surface area contributed by atoms with Crippen LogP contribution in [0.25, 0.3) is 0 Å². The number of ether oxygens (including phenoxy) is 1. The molecular weight excluding hydrogens is 204 g/mol. The molecule has 5 nitrogen and oxygen atoms in total. The van der Waals surface area contributed by atoms with Crippen molar-refractivity contribution < 1.29 is 4.74 Å². The lowest BCUT2D eigenvalue weighted by atomic mass is 10.1. The van der Waals surface area contributed by atoms with Gasteiger partial charge in [-0.25, -0.2) is 9.67 Å². The van der Waals surface area contributed by atoms with Gasteiger partial charge in [-0.05, 0) is 12.8 Å². The monoisotopic (exact) mass is 224 g/mol. The zero-order chi connectivity index (χ0) is 11.4. The van der Waals surface area contributed by atoms with E-state index in [2.05, 4.69) is 33.9 Å². The average molecular weight is 224 g/mol. The second-order valence-electron chi connectivity index (χ2n) is 4.50. The van der Waals surface area contributed by atoms with E-state index >= 15 is 0 Å². The smallest absolute Gasteiger partial charge is 0.141 e. The van der Waals surface area contributed by atoms with Gasteiger partial charge in [-0.1, -0.05) is 13.8 Å². The molecular formula is C11H20N4O. The van der Waals surface area contributed by atoms with E-state index in [0.717, 1.165) is 38.4 Å². The number of nitrogens with zero attached hydrogens (tertiary/aromatic N) is 3. The first-order valence-corrected chi connectivity index (χ1v) is 5.97. The maximum absolute atomic E-state index is 5.36. The summed E-state index contributed by atoms with van der Waals surface area (Å²) in [6.45, 7) is 6.72. The highest BCUT2D eigenvalue weighted by atomic mass is 16.5. The van der Waals surface area contributed by atoms with Crippen molar-refractivity contribution in [2.24, 2.45) is 0 Å². The van der Waals surface area contributed by atoms with Crippen LogP contribution in [-0.2, 0) is 11.3 Å². The van der Waals surface area contributed by atoms with Crippen molar-refractivity contribution in [3.05, 3.63) is 12.2 Å². The van der Waals surface area contributed by atoms with E-state index < -0.39 is 0 Å². The Bertz CT molecular complexity index is 318. The zero-order valence-electron chi connectivity index (χ0n) is 10.0. The van der Waals surface area contributed by atoms with Crippen LogP contribution in [0.4, 0.5) is 0 Å². The third kappa shape index (κ3) is 2.80. The fourth-order valence-corrected chi connectivity index (χ4v) is 1.93. The minimum atomic E-state index is 0.459. The number of hydrogen-bond acceptors (Lipinski definition) is 4. The Labute approximate surface area is 96.2 Å². The number of rotatable bonds is 4. The van der Waals surface area contributed by atoms with E-state index in [0.29, 0.717) is 12.1 Å². The predicted octanol–water partition coefficient (Wildman–Crippen LogP) is 1.13. The van der Waals surface area contributed by atoms with Crippen LogP contribution in [0.2, 0.25) is 0 Å². The first kappa shape index (κ1) is 11.5. The van der Waals surface area contributed by atoms with Crippen LogP contribution in [0.15, 0.2) is 6.33 Å². The molecule has 1 aliphatic rings. The summed E-state index contributed by atoms with van der Waals surface area (Å²) >= 11 is 0. The highest BCUT2D eigenvalue weighted by molar-refractivity contribution is 4.88. The highest BCUT2D eigenvalue weighted by Gasteiger charge is 2.19. The van der Waals surface area contributed by atoms with Crippen molar-refractivity contribution in [3.63, 3.8) is 0 Å². The topological polar surface area (TPSA) is 52.0 Å². The molecule has 1 saturated heterocycles. The molecule has 0 unspecified atom stereocenters. The summed E-state index contributed by atoms with van der Waals surface area (Å²) in [4.78, 5) is 4.31. The van der Waals surface area contributed by atoms with E-state index in [1.54, 1.807) is 6.33 Å². The molecule has 0 radical (unpaired) electrons. The van der Waals surface area contributed by atoms with Gasteiger partial charge in [0.1, 0.15) is 12.2 Å². The molecule has 0 spiro atoms. The molecule has 0 bridgehead atoms. The summed E-state index contributed by atoms with van der Waals surface area (Å²) in [6.07, 6.45) is 3.73. The maximum atomic E-state index is 5.36. The standard InChI is InChI=1S/C11H20N4O/c1-9(2)12-7-11-13-8-14-15(11)10-3-5-16-6-4-10/h8-10,12H,3-7H2,1-2H3. The van der Waals surface area contributed by atoms with Gasteiger partial charge in [0.15, 0.2) is 0 Å². The average Bonchev–Trinajstić information content (AvgIpc) is 2.75. The molecule has 0 aliphatic carbocycles. The Morgan fingerprint density at radius 3 is 2.94 bits per heavy atom. The molecule has 5 heteroatoms. The maximum Gasteiger partial charge on any atom is 0.141 e. The van der Waals surface area contributed by atoms with E-state index in [1.165, 1.54) is 0 Å². The largest absolute Gasteiger partial charge is 0.381 e. The van der Waals surface area contributed by atoms with Crippen LogP contribution in [0.5, 0.6) is 0 Å². The molecule has 1 fully saturated rings. The first-order chi connectivity index (χ1) is 7.77. The summed E-state index contributed by atoms with van der Waals surface area (Å²) < 4.78 is 7.41. The fourth-order valence-electron chi connectivity index (χ4n) is 1.93. The van der Waals surface area contributed by atoms with Gasteiger partial charge >= 0.3 is 0 Å². The lowest BCUT2D eigenvalue weighted by molar-refractivity contribution is 0.0651. The van der Waals surface area contributed by atoms with E-state index in [1.807, 2.05) is 0 Å². The molecule has 1 N–H and O–H groups in total. The minimum absolute atomic E-state index is 0.459. The van der Waals surface area contributed by atoms with Gasteiger partial charge in [-0.2, -0.15) is 5.10 Å². The fraction of sp³-hybridized carbons (Fsp3) is 0.818. The predicted molar refractivity (Wildman–Crippen MR) is 61.1 cm³/mol.